The van der Waals surface area contributed by atoms with Crippen LogP contribution >= 0.6 is 12.2 Å². The average Bonchev–Trinajstić information content (AvgIpc) is 2.31. The fourth-order valence-corrected chi connectivity index (χ4v) is 1.63. The van der Waals surface area contributed by atoms with E-state index < -0.39 is 0 Å². The van der Waals surface area contributed by atoms with E-state index >= 15 is 0 Å². The molecule has 0 aromatic heterocycles. The van der Waals surface area contributed by atoms with Gasteiger partial charge in [-0.05, 0) is 13.1 Å². The summed E-state index contributed by atoms with van der Waals surface area (Å²) in [5.41, 5.74) is 6.42. The maximum atomic E-state index is 13.7. The van der Waals surface area contributed by atoms with Crippen LogP contribution in [0.4, 0.5) is 4.39 Å². The normalized spacial score (nSPS) is 10.4. The van der Waals surface area contributed by atoms with Gasteiger partial charge in [-0.1, -0.05) is 24.4 Å². The summed E-state index contributed by atoms with van der Waals surface area (Å²) < 4.78 is 13.7. The van der Waals surface area contributed by atoms with Crippen molar-refractivity contribution in [3.05, 3.63) is 35.1 Å². The molecule has 0 saturated carbocycles. The quantitative estimate of drug-likeness (QED) is 0.770. The van der Waals surface area contributed by atoms with Gasteiger partial charge in [0.05, 0.1) is 6.54 Å². The first kappa shape index (κ1) is 14.5. The van der Waals surface area contributed by atoms with E-state index in [1.165, 1.54) is 6.07 Å². The molecule has 18 heavy (non-hydrogen) atoms. The fourth-order valence-electron chi connectivity index (χ4n) is 1.50. The molecule has 0 atom stereocenters. The van der Waals surface area contributed by atoms with Crippen LogP contribution in [0.25, 0.3) is 0 Å². The number of carbonyl (C=O) groups is 1. The van der Waals surface area contributed by atoms with Gasteiger partial charge in [0.2, 0.25) is 5.91 Å². The molecule has 0 unspecified atom stereocenters. The molecule has 3 N–H and O–H groups in total. The number of benzene rings is 1. The van der Waals surface area contributed by atoms with Crippen LogP contribution < -0.4 is 11.1 Å². The van der Waals surface area contributed by atoms with Crippen LogP contribution in [-0.4, -0.2) is 36.4 Å². The minimum Gasteiger partial charge on any atom is -0.389 e. The average molecular weight is 269 g/mol. The number of thiocarbonyl (C=S) groups is 1. The first-order chi connectivity index (χ1) is 8.43. The van der Waals surface area contributed by atoms with Gasteiger partial charge in [-0.2, -0.15) is 0 Å². The molecular formula is C12H16FN3OS. The van der Waals surface area contributed by atoms with Gasteiger partial charge in [-0.25, -0.2) is 4.39 Å². The zero-order valence-corrected chi connectivity index (χ0v) is 11.2. The van der Waals surface area contributed by atoms with E-state index in [0.29, 0.717) is 17.7 Å². The molecule has 0 bridgehead atoms. The van der Waals surface area contributed by atoms with E-state index in [4.69, 9.17) is 18.0 Å². The monoisotopic (exact) mass is 269 g/mol. The lowest BCUT2D eigenvalue weighted by atomic mass is 10.1. The lowest BCUT2D eigenvalue weighted by Crippen LogP contribution is -2.32. The topological polar surface area (TPSA) is 58.4 Å². The summed E-state index contributed by atoms with van der Waals surface area (Å²) >= 11 is 4.77. The van der Waals surface area contributed by atoms with E-state index in [-0.39, 0.29) is 23.3 Å². The summed E-state index contributed by atoms with van der Waals surface area (Å²) in [6.45, 7) is 0.559. The number of likely N-dealkylation sites (N-methyl/N-ethyl adjacent to an activating group) is 2. The van der Waals surface area contributed by atoms with Crippen molar-refractivity contribution in [1.29, 1.82) is 0 Å². The highest BCUT2D eigenvalue weighted by Gasteiger charge is 2.10. The summed E-state index contributed by atoms with van der Waals surface area (Å²) in [7, 11) is 3.31. The second-order valence-electron chi connectivity index (χ2n) is 4.02. The summed E-state index contributed by atoms with van der Waals surface area (Å²) in [4.78, 5) is 13.0. The molecule has 4 nitrogen and oxygen atoms in total. The summed E-state index contributed by atoms with van der Waals surface area (Å²) in [6, 6.07) is 4.62. The number of amides is 1. The van der Waals surface area contributed by atoms with Crippen LogP contribution in [-0.2, 0) is 11.3 Å². The van der Waals surface area contributed by atoms with Crippen LogP contribution in [0.15, 0.2) is 18.2 Å². The smallest absolute Gasteiger partial charge is 0.233 e. The standard InChI is InChI=1S/C12H16FN3OS/c1-15-11(17)7-16(2)6-9-4-3-8(12(14)18)5-10(9)13/h3-5H,6-7H2,1-2H3,(H2,14,18)(H,15,17). The number of halogens is 1. The van der Waals surface area contributed by atoms with Gasteiger partial charge in [0.15, 0.2) is 0 Å². The van der Waals surface area contributed by atoms with Crippen molar-refractivity contribution in [2.45, 2.75) is 6.54 Å². The van der Waals surface area contributed by atoms with Gasteiger partial charge in [0.1, 0.15) is 10.8 Å². The molecule has 1 amide bonds. The van der Waals surface area contributed by atoms with Gasteiger partial charge in [-0.15, -0.1) is 0 Å². The highest BCUT2D eigenvalue weighted by Crippen LogP contribution is 2.12. The third-order valence-electron chi connectivity index (χ3n) is 2.47. The molecule has 1 aromatic carbocycles. The first-order valence-electron chi connectivity index (χ1n) is 5.41. The third-order valence-corrected chi connectivity index (χ3v) is 2.71. The molecule has 98 valence electrons. The fraction of sp³-hybridized carbons (Fsp3) is 0.333. The Kier molecular flexibility index (Phi) is 5.18. The van der Waals surface area contributed by atoms with Crippen molar-refractivity contribution in [3.63, 3.8) is 0 Å². The Morgan fingerprint density at radius 2 is 2.22 bits per heavy atom. The Morgan fingerprint density at radius 1 is 1.56 bits per heavy atom. The second kappa shape index (κ2) is 6.42. The van der Waals surface area contributed by atoms with Crippen LogP contribution in [0, 0.1) is 5.82 Å². The molecule has 0 aliphatic rings. The van der Waals surface area contributed by atoms with E-state index in [0.717, 1.165) is 0 Å². The van der Waals surface area contributed by atoms with Gasteiger partial charge >= 0.3 is 0 Å². The van der Waals surface area contributed by atoms with E-state index in [2.05, 4.69) is 5.32 Å². The number of nitrogens with two attached hydrogens (primary N) is 1. The summed E-state index contributed by atoms with van der Waals surface area (Å²) in [5.74, 6) is -0.485. The minimum atomic E-state index is -0.371. The van der Waals surface area contributed by atoms with Crippen LogP contribution in [0.3, 0.4) is 0 Å². The molecule has 0 aliphatic heterocycles. The molecule has 0 fully saturated rings. The second-order valence-corrected chi connectivity index (χ2v) is 4.46. The van der Waals surface area contributed by atoms with Crippen LogP contribution in [0.1, 0.15) is 11.1 Å². The maximum absolute atomic E-state index is 13.7. The number of hydrogen-bond acceptors (Lipinski definition) is 3. The molecule has 0 heterocycles. The zero-order chi connectivity index (χ0) is 13.7. The molecule has 1 rings (SSSR count). The van der Waals surface area contributed by atoms with Crippen LogP contribution in [0.5, 0.6) is 0 Å². The number of rotatable bonds is 5. The Bertz CT molecular complexity index is 465. The predicted molar refractivity (Wildman–Crippen MR) is 72.7 cm³/mol. The Labute approximate surface area is 111 Å². The molecule has 6 heteroatoms. The van der Waals surface area contributed by atoms with Gasteiger partial charge in [0, 0.05) is 24.7 Å². The molecule has 0 spiro atoms. The van der Waals surface area contributed by atoms with Crippen molar-refractivity contribution in [1.82, 2.24) is 10.2 Å². The van der Waals surface area contributed by atoms with Gasteiger partial charge in [-0.3, -0.25) is 9.69 Å². The molecule has 0 radical (unpaired) electrons. The number of nitrogens with zero attached hydrogens (tertiary/aromatic N) is 1. The van der Waals surface area contributed by atoms with Crippen LogP contribution in [0.2, 0.25) is 0 Å². The van der Waals surface area contributed by atoms with Gasteiger partial charge < -0.3 is 11.1 Å². The van der Waals surface area contributed by atoms with Crippen molar-refractivity contribution in [3.8, 4) is 0 Å². The van der Waals surface area contributed by atoms with E-state index in [1.54, 1.807) is 31.1 Å². The molecule has 0 saturated heterocycles. The lowest BCUT2D eigenvalue weighted by molar-refractivity contribution is -0.121. The number of nitrogens with one attached hydrogen (secondary N) is 1. The lowest BCUT2D eigenvalue weighted by Gasteiger charge is -2.16. The Balaban J connectivity index is 2.73. The Morgan fingerprint density at radius 3 is 2.72 bits per heavy atom. The third kappa shape index (κ3) is 4.05. The SMILES string of the molecule is CNC(=O)CN(C)Cc1ccc(C(N)=S)cc1F. The number of carbonyl (C=O) groups excluding carboxylic acids is 1. The molecular weight excluding hydrogens is 253 g/mol. The Hall–Kier alpha value is -1.53. The zero-order valence-electron chi connectivity index (χ0n) is 10.4. The van der Waals surface area contributed by atoms with E-state index in [1.807, 2.05) is 0 Å². The predicted octanol–water partition coefficient (Wildman–Crippen LogP) is 0.638. The van der Waals surface area contributed by atoms with Crippen molar-refractivity contribution >= 4 is 23.1 Å². The minimum absolute atomic E-state index is 0.113. The van der Waals surface area contributed by atoms with Crippen molar-refractivity contribution < 1.29 is 9.18 Å². The van der Waals surface area contributed by atoms with E-state index in [9.17, 15) is 9.18 Å². The van der Waals surface area contributed by atoms with Crippen molar-refractivity contribution in [2.75, 3.05) is 20.6 Å². The summed E-state index contributed by atoms with van der Waals surface area (Å²) in [6.07, 6.45) is 0. The highest BCUT2D eigenvalue weighted by atomic mass is 32.1. The van der Waals surface area contributed by atoms with Crippen molar-refractivity contribution in [2.24, 2.45) is 5.73 Å². The molecule has 0 aliphatic carbocycles. The summed E-state index contributed by atoms with van der Waals surface area (Å²) in [5, 5.41) is 2.51. The maximum Gasteiger partial charge on any atom is 0.233 e. The highest BCUT2D eigenvalue weighted by molar-refractivity contribution is 7.80. The van der Waals surface area contributed by atoms with Gasteiger partial charge in [0.25, 0.3) is 0 Å². The largest absolute Gasteiger partial charge is 0.389 e. The first-order valence-corrected chi connectivity index (χ1v) is 5.82. The molecule has 1 aromatic rings. The number of hydrogen-bond donors (Lipinski definition) is 2.